The molecule has 3 rings (SSSR count). The van der Waals surface area contributed by atoms with Crippen molar-refractivity contribution in [3.63, 3.8) is 0 Å². The predicted octanol–water partition coefficient (Wildman–Crippen LogP) is 2.19. The van der Waals surface area contributed by atoms with E-state index in [-0.39, 0.29) is 17.2 Å². The van der Waals surface area contributed by atoms with Crippen LogP contribution in [0, 0.1) is 20.8 Å². The van der Waals surface area contributed by atoms with E-state index in [2.05, 4.69) is 10.5 Å². The number of anilines is 1. The van der Waals surface area contributed by atoms with Gasteiger partial charge in [-0.05, 0) is 44.9 Å². The number of aryl methyl sites for hydroxylation is 3. The second kappa shape index (κ2) is 8.42. The van der Waals surface area contributed by atoms with Crippen LogP contribution in [0.15, 0.2) is 27.6 Å². The van der Waals surface area contributed by atoms with E-state index in [1.54, 1.807) is 19.1 Å². The second-order valence-electron chi connectivity index (χ2n) is 6.85. The lowest BCUT2D eigenvalue weighted by molar-refractivity contribution is -0.116. The van der Waals surface area contributed by atoms with Crippen molar-refractivity contribution >= 4 is 21.6 Å². The van der Waals surface area contributed by atoms with Crippen LogP contribution in [0.4, 0.5) is 5.69 Å². The van der Waals surface area contributed by atoms with E-state index in [4.69, 9.17) is 9.26 Å². The molecule has 1 aliphatic rings. The average Bonchev–Trinajstić information content (AvgIpc) is 3.00. The molecule has 1 N–H and O–H groups in total. The number of sulfonamides is 1. The van der Waals surface area contributed by atoms with Gasteiger partial charge < -0.3 is 14.6 Å². The molecule has 1 fully saturated rings. The molecule has 0 unspecified atom stereocenters. The molecule has 28 heavy (non-hydrogen) atoms. The first-order chi connectivity index (χ1) is 13.3. The fourth-order valence-electron chi connectivity index (χ4n) is 3.20. The normalized spacial score (nSPS) is 15.5. The summed E-state index contributed by atoms with van der Waals surface area (Å²) in [6, 6.07) is 4.94. The van der Waals surface area contributed by atoms with Gasteiger partial charge in [0.2, 0.25) is 15.9 Å². The number of nitrogens with zero attached hydrogens (tertiary/aromatic N) is 2. The van der Waals surface area contributed by atoms with Crippen LogP contribution in [0.2, 0.25) is 0 Å². The fourth-order valence-corrected chi connectivity index (χ4v) is 4.86. The molecule has 0 radical (unpaired) electrons. The van der Waals surface area contributed by atoms with Crippen LogP contribution in [-0.4, -0.2) is 50.1 Å². The number of morpholine rings is 1. The first-order valence-corrected chi connectivity index (χ1v) is 10.6. The molecule has 1 amide bonds. The summed E-state index contributed by atoms with van der Waals surface area (Å²) in [5.74, 6) is 0.512. The molecule has 1 aromatic heterocycles. The highest BCUT2D eigenvalue weighted by atomic mass is 32.2. The van der Waals surface area contributed by atoms with Gasteiger partial charge in [-0.15, -0.1) is 0 Å². The Morgan fingerprint density at radius 2 is 1.93 bits per heavy atom. The number of hydrogen-bond acceptors (Lipinski definition) is 6. The Bertz CT molecular complexity index is 942. The zero-order valence-corrected chi connectivity index (χ0v) is 17.1. The zero-order chi connectivity index (χ0) is 20.3. The molecule has 1 aromatic carbocycles. The van der Waals surface area contributed by atoms with Gasteiger partial charge in [0, 0.05) is 30.8 Å². The Morgan fingerprint density at radius 3 is 2.57 bits per heavy atom. The van der Waals surface area contributed by atoms with Gasteiger partial charge in [0.1, 0.15) is 5.76 Å². The summed E-state index contributed by atoms with van der Waals surface area (Å²) in [6.07, 6.45) is 0.764. The molecule has 8 nitrogen and oxygen atoms in total. The minimum Gasteiger partial charge on any atom is -0.379 e. The van der Waals surface area contributed by atoms with Gasteiger partial charge in [-0.25, -0.2) is 8.42 Å². The summed E-state index contributed by atoms with van der Waals surface area (Å²) in [6.45, 7) is 6.83. The van der Waals surface area contributed by atoms with Gasteiger partial charge in [0.25, 0.3) is 0 Å². The Balaban J connectivity index is 1.71. The number of carbonyl (C=O) groups is 1. The van der Waals surface area contributed by atoms with Crippen LogP contribution in [0.5, 0.6) is 0 Å². The van der Waals surface area contributed by atoms with Gasteiger partial charge in [-0.1, -0.05) is 11.2 Å². The molecular formula is C19H25N3O5S. The van der Waals surface area contributed by atoms with Gasteiger partial charge in [-0.3, -0.25) is 4.79 Å². The molecule has 9 heteroatoms. The lowest BCUT2D eigenvalue weighted by Gasteiger charge is -2.26. The van der Waals surface area contributed by atoms with Crippen LogP contribution < -0.4 is 5.32 Å². The Morgan fingerprint density at radius 1 is 1.21 bits per heavy atom. The van der Waals surface area contributed by atoms with Gasteiger partial charge >= 0.3 is 0 Å². The van der Waals surface area contributed by atoms with Crippen molar-refractivity contribution in [1.29, 1.82) is 0 Å². The maximum atomic E-state index is 12.9. The zero-order valence-electron chi connectivity index (χ0n) is 16.3. The fraction of sp³-hybridized carbons (Fsp3) is 0.474. The molecule has 1 aliphatic heterocycles. The van der Waals surface area contributed by atoms with Crippen molar-refractivity contribution in [2.24, 2.45) is 0 Å². The quantitative estimate of drug-likeness (QED) is 0.788. The van der Waals surface area contributed by atoms with E-state index >= 15 is 0 Å². The first-order valence-electron chi connectivity index (χ1n) is 9.19. The summed E-state index contributed by atoms with van der Waals surface area (Å²) in [7, 11) is -3.63. The Labute approximate surface area is 164 Å². The van der Waals surface area contributed by atoms with E-state index in [0.717, 1.165) is 11.3 Å². The summed E-state index contributed by atoms with van der Waals surface area (Å²) < 4.78 is 37.6. The van der Waals surface area contributed by atoms with Crippen LogP contribution in [0.25, 0.3) is 0 Å². The highest BCUT2D eigenvalue weighted by molar-refractivity contribution is 7.89. The molecule has 152 valence electrons. The van der Waals surface area contributed by atoms with E-state index in [9.17, 15) is 13.2 Å². The van der Waals surface area contributed by atoms with Crippen LogP contribution in [-0.2, 0) is 26.0 Å². The van der Waals surface area contributed by atoms with Gasteiger partial charge in [0.15, 0.2) is 0 Å². The number of rotatable bonds is 6. The highest BCUT2D eigenvalue weighted by Crippen LogP contribution is 2.24. The molecule has 0 saturated carbocycles. The van der Waals surface area contributed by atoms with E-state index in [1.165, 1.54) is 10.4 Å². The minimum absolute atomic E-state index is 0.196. The third kappa shape index (κ3) is 4.43. The molecule has 0 aliphatic carbocycles. The molecule has 2 aromatic rings. The van der Waals surface area contributed by atoms with Crippen LogP contribution >= 0.6 is 0 Å². The van der Waals surface area contributed by atoms with E-state index in [1.807, 2.05) is 13.8 Å². The summed E-state index contributed by atoms with van der Waals surface area (Å²) >= 11 is 0. The predicted molar refractivity (Wildman–Crippen MR) is 104 cm³/mol. The van der Waals surface area contributed by atoms with Crippen LogP contribution in [0.3, 0.4) is 0 Å². The van der Waals surface area contributed by atoms with Crippen molar-refractivity contribution in [1.82, 2.24) is 9.46 Å². The summed E-state index contributed by atoms with van der Waals surface area (Å²) in [5, 5.41) is 6.67. The largest absolute Gasteiger partial charge is 0.379 e. The highest BCUT2D eigenvalue weighted by Gasteiger charge is 2.28. The van der Waals surface area contributed by atoms with Gasteiger partial charge in [-0.2, -0.15) is 4.31 Å². The molecule has 0 bridgehead atoms. The molecule has 2 heterocycles. The summed E-state index contributed by atoms with van der Waals surface area (Å²) in [4.78, 5) is 12.5. The lowest BCUT2D eigenvalue weighted by Crippen LogP contribution is -2.40. The third-order valence-corrected chi connectivity index (χ3v) is 6.88. The third-order valence-electron chi connectivity index (χ3n) is 4.84. The number of carbonyl (C=O) groups excluding carboxylic acids is 1. The molecule has 0 spiro atoms. The first kappa shape index (κ1) is 20.5. The second-order valence-corrected chi connectivity index (χ2v) is 8.75. The monoisotopic (exact) mass is 407 g/mol. The SMILES string of the molecule is Cc1ccc(NC(=O)CCc2c(C)noc2C)cc1S(=O)(=O)N1CCOCC1. The Kier molecular flexibility index (Phi) is 6.17. The molecule has 1 saturated heterocycles. The van der Waals surface area contributed by atoms with E-state index < -0.39 is 10.0 Å². The number of aromatic nitrogens is 1. The molecular weight excluding hydrogens is 382 g/mol. The lowest BCUT2D eigenvalue weighted by atomic mass is 10.1. The topological polar surface area (TPSA) is 102 Å². The standard InChI is InChI=1S/C19H25N3O5S/c1-13-4-5-16(12-18(13)28(24,25)22-8-10-26-11-9-22)20-19(23)7-6-17-14(2)21-27-15(17)3/h4-5,12H,6-11H2,1-3H3,(H,20,23). The van der Waals surface area contributed by atoms with Crippen molar-refractivity contribution in [2.75, 3.05) is 31.6 Å². The smallest absolute Gasteiger partial charge is 0.243 e. The van der Waals surface area contributed by atoms with E-state index in [0.29, 0.717) is 49.7 Å². The number of hydrogen-bond donors (Lipinski definition) is 1. The summed E-state index contributed by atoms with van der Waals surface area (Å²) in [5.41, 5.74) is 2.80. The number of amides is 1. The number of ether oxygens (including phenoxy) is 1. The van der Waals surface area contributed by atoms with Gasteiger partial charge in [0.05, 0.1) is 23.8 Å². The number of nitrogens with one attached hydrogen (secondary N) is 1. The minimum atomic E-state index is -3.63. The van der Waals surface area contributed by atoms with Crippen molar-refractivity contribution in [2.45, 2.75) is 38.5 Å². The maximum absolute atomic E-state index is 12.9. The van der Waals surface area contributed by atoms with Crippen LogP contribution in [0.1, 0.15) is 29.0 Å². The average molecular weight is 407 g/mol. The molecule has 0 atom stereocenters. The maximum Gasteiger partial charge on any atom is 0.243 e. The Hall–Kier alpha value is -2.23. The number of benzene rings is 1. The van der Waals surface area contributed by atoms with Crippen molar-refractivity contribution in [3.8, 4) is 0 Å². The van der Waals surface area contributed by atoms with Crippen molar-refractivity contribution in [3.05, 3.63) is 40.8 Å². The van der Waals surface area contributed by atoms with Crippen molar-refractivity contribution < 1.29 is 22.5 Å².